The molecular formula is C14H21N5O2. The second-order valence-corrected chi connectivity index (χ2v) is 5.98. The molecule has 0 amide bonds. The highest BCUT2D eigenvalue weighted by Gasteiger charge is 2.22. The molecule has 114 valence electrons. The molecule has 1 aliphatic rings. The van der Waals surface area contributed by atoms with Gasteiger partial charge in [-0.05, 0) is 33.2 Å². The molecule has 7 nitrogen and oxygen atoms in total. The molecule has 3 rings (SSSR count). The van der Waals surface area contributed by atoms with Crippen LogP contribution in [0.4, 0.5) is 0 Å². The summed E-state index contributed by atoms with van der Waals surface area (Å²) in [7, 11) is 1.78. The Bertz CT molecular complexity index is 777. The van der Waals surface area contributed by atoms with Crippen molar-refractivity contribution < 1.29 is 0 Å². The average Bonchev–Trinajstić information content (AvgIpc) is 3.04. The zero-order valence-corrected chi connectivity index (χ0v) is 12.7. The number of hydrogen-bond acceptors (Lipinski definition) is 4. The third kappa shape index (κ3) is 2.21. The van der Waals surface area contributed by atoms with E-state index in [-0.39, 0.29) is 23.3 Å². The van der Waals surface area contributed by atoms with Gasteiger partial charge < -0.3 is 9.88 Å². The number of nitrogens with one attached hydrogen (secondary N) is 1. The summed E-state index contributed by atoms with van der Waals surface area (Å²) in [6.45, 7) is 5.23. The van der Waals surface area contributed by atoms with Crippen molar-refractivity contribution in [3.63, 3.8) is 0 Å². The molecule has 2 aromatic heterocycles. The van der Waals surface area contributed by atoms with Gasteiger partial charge in [0.05, 0.1) is 6.33 Å². The van der Waals surface area contributed by atoms with Gasteiger partial charge in [-0.1, -0.05) is 0 Å². The second kappa shape index (κ2) is 5.14. The highest BCUT2D eigenvalue weighted by Crippen LogP contribution is 2.11. The molecule has 1 fully saturated rings. The normalized spacial score (nSPS) is 19.0. The van der Waals surface area contributed by atoms with Crippen molar-refractivity contribution in [2.75, 3.05) is 6.54 Å². The van der Waals surface area contributed by atoms with E-state index < -0.39 is 0 Å². The van der Waals surface area contributed by atoms with Crippen LogP contribution in [-0.4, -0.2) is 31.3 Å². The molecule has 2 aromatic rings. The lowest BCUT2D eigenvalue weighted by molar-refractivity contribution is 0.457. The van der Waals surface area contributed by atoms with Crippen molar-refractivity contribution in [2.45, 2.75) is 45.3 Å². The van der Waals surface area contributed by atoms with Gasteiger partial charge >= 0.3 is 5.69 Å². The molecule has 1 N–H and O–H groups in total. The molecule has 1 unspecified atom stereocenters. The van der Waals surface area contributed by atoms with Crippen LogP contribution in [-0.2, 0) is 13.6 Å². The van der Waals surface area contributed by atoms with E-state index in [4.69, 9.17) is 0 Å². The summed E-state index contributed by atoms with van der Waals surface area (Å²) in [5.41, 5.74) is 0.440. The van der Waals surface area contributed by atoms with Crippen molar-refractivity contribution in [2.24, 2.45) is 7.05 Å². The maximum Gasteiger partial charge on any atom is 0.333 e. The topological polar surface area (TPSA) is 73.8 Å². The lowest BCUT2D eigenvalue weighted by Crippen LogP contribution is -2.44. The first-order valence-corrected chi connectivity index (χ1v) is 7.40. The minimum Gasteiger partial charge on any atom is -0.328 e. The largest absolute Gasteiger partial charge is 0.333 e. The smallest absolute Gasteiger partial charge is 0.328 e. The number of nitrogens with zero attached hydrogens (tertiary/aromatic N) is 4. The predicted octanol–water partition coefficient (Wildman–Crippen LogP) is 0.230. The van der Waals surface area contributed by atoms with E-state index in [0.29, 0.717) is 17.7 Å². The first-order valence-electron chi connectivity index (χ1n) is 7.40. The van der Waals surface area contributed by atoms with E-state index in [1.807, 2.05) is 13.8 Å². The van der Waals surface area contributed by atoms with Crippen molar-refractivity contribution in [1.82, 2.24) is 24.0 Å². The summed E-state index contributed by atoms with van der Waals surface area (Å²) in [6.07, 6.45) is 3.67. The molecule has 0 bridgehead atoms. The van der Waals surface area contributed by atoms with Gasteiger partial charge in [0.1, 0.15) is 0 Å². The Labute approximate surface area is 122 Å². The van der Waals surface area contributed by atoms with Crippen LogP contribution in [0.15, 0.2) is 15.9 Å². The van der Waals surface area contributed by atoms with Crippen LogP contribution in [0.2, 0.25) is 0 Å². The highest BCUT2D eigenvalue weighted by atomic mass is 16.2. The summed E-state index contributed by atoms with van der Waals surface area (Å²) in [5.74, 6) is 0. The van der Waals surface area contributed by atoms with E-state index in [9.17, 15) is 9.59 Å². The van der Waals surface area contributed by atoms with Gasteiger partial charge in [0.15, 0.2) is 11.2 Å². The second-order valence-electron chi connectivity index (χ2n) is 5.98. The predicted molar refractivity (Wildman–Crippen MR) is 80.6 cm³/mol. The van der Waals surface area contributed by atoms with E-state index in [1.165, 1.54) is 4.57 Å². The molecule has 7 heteroatoms. The Balaban J connectivity index is 2.25. The van der Waals surface area contributed by atoms with Gasteiger partial charge in [-0.3, -0.25) is 13.9 Å². The molecule has 1 atom stereocenters. The fourth-order valence-corrected chi connectivity index (χ4v) is 3.04. The van der Waals surface area contributed by atoms with Crippen LogP contribution in [0.1, 0.15) is 32.7 Å². The van der Waals surface area contributed by atoms with Gasteiger partial charge in [0, 0.05) is 25.7 Å². The van der Waals surface area contributed by atoms with E-state index in [2.05, 4.69) is 10.3 Å². The quantitative estimate of drug-likeness (QED) is 0.878. The lowest BCUT2D eigenvalue weighted by Gasteiger charge is -2.17. The van der Waals surface area contributed by atoms with Crippen molar-refractivity contribution in [3.8, 4) is 0 Å². The van der Waals surface area contributed by atoms with Crippen LogP contribution in [0.3, 0.4) is 0 Å². The average molecular weight is 291 g/mol. The molecule has 0 saturated carbocycles. The Morgan fingerprint density at radius 2 is 2.19 bits per heavy atom. The molecule has 1 saturated heterocycles. The van der Waals surface area contributed by atoms with Crippen LogP contribution in [0, 0.1) is 0 Å². The zero-order valence-electron chi connectivity index (χ0n) is 12.7. The van der Waals surface area contributed by atoms with Crippen LogP contribution in [0.25, 0.3) is 11.2 Å². The monoisotopic (exact) mass is 291 g/mol. The van der Waals surface area contributed by atoms with Gasteiger partial charge in [0.2, 0.25) is 0 Å². The van der Waals surface area contributed by atoms with Crippen molar-refractivity contribution in [1.29, 1.82) is 0 Å². The van der Waals surface area contributed by atoms with E-state index in [0.717, 1.165) is 19.4 Å². The Hall–Kier alpha value is -1.89. The Morgan fingerprint density at radius 1 is 1.43 bits per heavy atom. The molecule has 0 radical (unpaired) electrons. The lowest BCUT2D eigenvalue weighted by atomic mass is 10.2. The minimum absolute atomic E-state index is 0.0433. The molecule has 3 heterocycles. The molecule has 0 spiro atoms. The highest BCUT2D eigenvalue weighted by molar-refractivity contribution is 5.70. The summed E-state index contributed by atoms with van der Waals surface area (Å²) in [4.78, 5) is 29.6. The molecule has 21 heavy (non-hydrogen) atoms. The number of aromatic nitrogens is 4. The Kier molecular flexibility index (Phi) is 3.44. The van der Waals surface area contributed by atoms with Gasteiger partial charge in [-0.2, -0.15) is 0 Å². The maximum absolute atomic E-state index is 12.7. The van der Waals surface area contributed by atoms with Crippen molar-refractivity contribution in [3.05, 3.63) is 27.2 Å². The van der Waals surface area contributed by atoms with Gasteiger partial charge in [0.25, 0.3) is 5.56 Å². The van der Waals surface area contributed by atoms with Gasteiger partial charge in [-0.25, -0.2) is 9.78 Å². The zero-order chi connectivity index (χ0) is 15.1. The van der Waals surface area contributed by atoms with Crippen molar-refractivity contribution >= 4 is 11.2 Å². The summed E-state index contributed by atoms with van der Waals surface area (Å²) < 4.78 is 4.65. The number of imidazole rings is 1. The molecule has 0 aromatic carbocycles. The third-order valence-corrected chi connectivity index (χ3v) is 4.11. The van der Waals surface area contributed by atoms with Crippen LogP contribution >= 0.6 is 0 Å². The minimum atomic E-state index is -0.269. The SMILES string of the molecule is CC(C)n1c(=O)n(CC2CCCN2)c(=O)c2c1ncn2C. The fourth-order valence-electron chi connectivity index (χ4n) is 3.04. The van der Waals surface area contributed by atoms with Crippen LogP contribution < -0.4 is 16.6 Å². The Morgan fingerprint density at radius 3 is 2.81 bits per heavy atom. The summed E-state index contributed by atoms with van der Waals surface area (Å²) in [5, 5.41) is 3.33. The number of fused-ring (bicyclic) bond motifs is 1. The molecular weight excluding hydrogens is 270 g/mol. The van der Waals surface area contributed by atoms with E-state index in [1.54, 1.807) is 22.5 Å². The van der Waals surface area contributed by atoms with Gasteiger partial charge in [-0.15, -0.1) is 0 Å². The summed E-state index contributed by atoms with van der Waals surface area (Å²) >= 11 is 0. The standard InChI is InChI=1S/C14H21N5O2/c1-9(2)19-12-11(17(3)8-16-12)13(20)18(14(19)21)7-10-5-4-6-15-10/h8-10,15H,4-7H2,1-3H3. The van der Waals surface area contributed by atoms with E-state index >= 15 is 0 Å². The summed E-state index contributed by atoms with van der Waals surface area (Å²) in [6, 6.07) is 0.153. The first-order chi connectivity index (χ1) is 10.0. The third-order valence-electron chi connectivity index (χ3n) is 4.11. The number of rotatable bonds is 3. The number of aryl methyl sites for hydroxylation is 1. The molecule has 0 aliphatic carbocycles. The fraction of sp³-hybridized carbons (Fsp3) is 0.643. The maximum atomic E-state index is 12.7. The first kappa shape index (κ1) is 14.1. The molecule has 1 aliphatic heterocycles. The number of hydrogen-bond donors (Lipinski definition) is 1. The van der Waals surface area contributed by atoms with Crippen LogP contribution in [0.5, 0.6) is 0 Å².